The van der Waals surface area contributed by atoms with E-state index < -0.39 is 0 Å². The number of fused-ring (bicyclic) bond motifs is 6. The maximum absolute atomic E-state index is 9.80. The van der Waals surface area contributed by atoms with Gasteiger partial charge in [0.2, 0.25) is 0 Å². The monoisotopic (exact) mass is 860 g/mol. The van der Waals surface area contributed by atoms with Crippen molar-refractivity contribution in [2.75, 3.05) is 0 Å². The van der Waals surface area contributed by atoms with Gasteiger partial charge in [-0.25, -0.2) is 4.85 Å². The minimum Gasteiger partial charge on any atom is -0.310 e. The van der Waals surface area contributed by atoms with Crippen LogP contribution in [0.15, 0.2) is 164 Å². The largest absolute Gasteiger partial charge is 0.310 e. The van der Waals surface area contributed by atoms with E-state index in [1.807, 2.05) is 18.2 Å². The van der Waals surface area contributed by atoms with E-state index in [0.717, 1.165) is 72.0 Å². The summed E-state index contributed by atoms with van der Waals surface area (Å²) in [5, 5.41) is 14.5. The van der Waals surface area contributed by atoms with Crippen LogP contribution in [0, 0.1) is 66.4 Å². The molecular weight excluding hydrogens is 813 g/mol. The van der Waals surface area contributed by atoms with Gasteiger partial charge in [-0.2, -0.15) is 5.26 Å². The Labute approximate surface area is 392 Å². The first-order chi connectivity index (χ1) is 32.5. The van der Waals surface area contributed by atoms with Gasteiger partial charge in [-0.05, 0) is 176 Å². The fourth-order valence-corrected chi connectivity index (χ4v) is 11.2. The Bertz CT molecular complexity index is 3920. The molecule has 2 heterocycles. The molecule has 320 valence electrons. The minimum atomic E-state index is 0.568. The van der Waals surface area contributed by atoms with Crippen LogP contribution in [-0.4, -0.2) is 9.13 Å². The van der Waals surface area contributed by atoms with Crippen molar-refractivity contribution in [2.45, 2.75) is 48.5 Å². The second kappa shape index (κ2) is 15.9. The Hall–Kier alpha value is -8.44. The molecule has 0 atom stereocenters. The molecule has 0 saturated carbocycles. The van der Waals surface area contributed by atoms with Crippen molar-refractivity contribution in [2.24, 2.45) is 0 Å². The van der Waals surface area contributed by atoms with Gasteiger partial charge in [0.1, 0.15) is 0 Å². The number of aromatic nitrogens is 2. The SMILES string of the molecule is [C-]#[N+]c1ccc(-c2cc(-c3ccc(C#N)cc3C)ccc2-n2c3ccccc3c3cc(-c4c(C)cc(C)cc4C)ccc32)c(-n2c3ccccc3c3cc(-c4c(C)cc(C)cc4C)ccc32)c1. The molecule has 0 amide bonds. The Balaban J connectivity index is 1.21. The van der Waals surface area contributed by atoms with Crippen LogP contribution in [-0.2, 0) is 0 Å². The first kappa shape index (κ1) is 41.3. The summed E-state index contributed by atoms with van der Waals surface area (Å²) in [6.45, 7) is 23.5. The van der Waals surface area contributed by atoms with Crippen molar-refractivity contribution in [3.63, 3.8) is 0 Å². The molecule has 11 aromatic rings. The zero-order valence-electron chi connectivity index (χ0n) is 38.9. The maximum atomic E-state index is 9.80. The van der Waals surface area contributed by atoms with Gasteiger partial charge >= 0.3 is 0 Å². The molecule has 0 unspecified atom stereocenters. The van der Waals surface area contributed by atoms with Crippen LogP contribution in [0.25, 0.3) is 104 Å². The number of benzene rings is 9. The van der Waals surface area contributed by atoms with Gasteiger partial charge in [0.05, 0.1) is 46.0 Å². The molecule has 0 N–H and O–H groups in total. The van der Waals surface area contributed by atoms with Gasteiger partial charge < -0.3 is 9.13 Å². The summed E-state index contributed by atoms with van der Waals surface area (Å²) in [5.41, 5.74) is 25.2. The first-order valence-electron chi connectivity index (χ1n) is 22.9. The first-order valence-corrected chi connectivity index (χ1v) is 22.9. The van der Waals surface area contributed by atoms with Crippen LogP contribution in [0.2, 0.25) is 0 Å². The van der Waals surface area contributed by atoms with Crippen LogP contribution >= 0.6 is 0 Å². The molecule has 0 aliphatic heterocycles. The lowest BCUT2D eigenvalue weighted by Gasteiger charge is -2.21. The van der Waals surface area contributed by atoms with Gasteiger partial charge in [0.25, 0.3) is 0 Å². The van der Waals surface area contributed by atoms with E-state index in [9.17, 15) is 5.26 Å². The van der Waals surface area contributed by atoms with Crippen molar-refractivity contribution in [3.05, 3.63) is 220 Å². The Morgan fingerprint density at radius 2 is 0.896 bits per heavy atom. The lowest BCUT2D eigenvalue weighted by Crippen LogP contribution is -2.02. The summed E-state index contributed by atoms with van der Waals surface area (Å²) in [6, 6.07) is 61.4. The molecule has 0 fully saturated rings. The van der Waals surface area contributed by atoms with E-state index in [1.54, 1.807) is 0 Å². The summed E-state index contributed by atoms with van der Waals surface area (Å²) in [7, 11) is 0. The zero-order valence-corrected chi connectivity index (χ0v) is 38.9. The molecule has 4 heteroatoms. The molecule has 0 aliphatic carbocycles. The van der Waals surface area contributed by atoms with E-state index in [2.05, 4.69) is 214 Å². The van der Waals surface area contributed by atoms with Gasteiger partial charge in [0.15, 0.2) is 5.69 Å². The third kappa shape index (κ3) is 6.72. The number of nitriles is 1. The van der Waals surface area contributed by atoms with Crippen LogP contribution in [0.5, 0.6) is 0 Å². The molecule has 0 aliphatic rings. The molecule has 2 aromatic heterocycles. The average molecular weight is 861 g/mol. The number of hydrogen-bond acceptors (Lipinski definition) is 1. The van der Waals surface area contributed by atoms with Crippen LogP contribution in [0.1, 0.15) is 44.5 Å². The quantitative estimate of drug-likeness (QED) is 0.154. The molecule has 11 rings (SSSR count). The molecule has 0 bridgehead atoms. The highest BCUT2D eigenvalue weighted by atomic mass is 15.0. The number of para-hydroxylation sites is 2. The van der Waals surface area contributed by atoms with Gasteiger partial charge in [-0.15, -0.1) is 0 Å². The third-order valence-corrected chi connectivity index (χ3v) is 13.8. The Kier molecular flexibility index (Phi) is 9.81. The molecule has 67 heavy (non-hydrogen) atoms. The average Bonchev–Trinajstić information content (AvgIpc) is 3.82. The zero-order chi connectivity index (χ0) is 46.2. The van der Waals surface area contributed by atoms with E-state index in [0.29, 0.717) is 11.3 Å². The van der Waals surface area contributed by atoms with Crippen molar-refractivity contribution in [1.82, 2.24) is 9.13 Å². The molecule has 0 saturated heterocycles. The second-order valence-electron chi connectivity index (χ2n) is 18.4. The summed E-state index contributed by atoms with van der Waals surface area (Å²) in [4.78, 5) is 4.02. The lowest BCUT2D eigenvalue weighted by atomic mass is 9.92. The van der Waals surface area contributed by atoms with Crippen molar-refractivity contribution < 1.29 is 0 Å². The van der Waals surface area contributed by atoms with E-state index in [-0.39, 0.29) is 0 Å². The summed E-state index contributed by atoms with van der Waals surface area (Å²) in [6.07, 6.45) is 0. The molecule has 9 aromatic carbocycles. The second-order valence-corrected chi connectivity index (χ2v) is 18.4. The maximum Gasteiger partial charge on any atom is 0.189 e. The Morgan fingerprint density at radius 1 is 0.403 bits per heavy atom. The predicted molar refractivity (Wildman–Crippen MR) is 281 cm³/mol. The number of nitrogens with zero attached hydrogens (tertiary/aromatic N) is 4. The van der Waals surface area contributed by atoms with Crippen molar-refractivity contribution >= 4 is 49.3 Å². The smallest absolute Gasteiger partial charge is 0.189 e. The highest BCUT2D eigenvalue weighted by Crippen LogP contribution is 2.45. The summed E-state index contributed by atoms with van der Waals surface area (Å²) < 4.78 is 4.78. The van der Waals surface area contributed by atoms with E-state index in [1.165, 1.54) is 66.4 Å². The van der Waals surface area contributed by atoms with Crippen molar-refractivity contribution in [1.29, 1.82) is 5.26 Å². The fourth-order valence-electron chi connectivity index (χ4n) is 11.2. The molecule has 4 nitrogen and oxygen atoms in total. The normalized spacial score (nSPS) is 11.5. The summed E-state index contributed by atoms with van der Waals surface area (Å²) in [5.74, 6) is 0. The lowest BCUT2D eigenvalue weighted by molar-refractivity contribution is 1.16. The van der Waals surface area contributed by atoms with Gasteiger partial charge in [0, 0.05) is 38.4 Å². The summed E-state index contributed by atoms with van der Waals surface area (Å²) >= 11 is 0. The fraction of sp³-hybridized carbons (Fsp3) is 0.111. The Morgan fingerprint density at radius 3 is 1.42 bits per heavy atom. The van der Waals surface area contributed by atoms with E-state index >= 15 is 0 Å². The van der Waals surface area contributed by atoms with Crippen LogP contribution in [0.3, 0.4) is 0 Å². The number of hydrogen-bond donors (Lipinski definition) is 0. The van der Waals surface area contributed by atoms with Crippen LogP contribution < -0.4 is 0 Å². The standard InChI is InChI=1S/C63H48N4/c1-37-27-40(4)62(41(5)28-37)46-19-25-59-54(33-46)50-13-9-11-15-56(50)66(59)58-24-18-45(49-22-17-44(36-64)31-39(49)3)32-53(58)52-23-21-48(65-8)35-61(52)67-57-16-12-10-14-51(57)55-34-47(20-26-60(55)67)63-42(6)29-38(2)30-43(63)7/h9-35H,1-7H3. The van der Waals surface area contributed by atoms with E-state index in [4.69, 9.17) is 6.57 Å². The predicted octanol–water partition coefficient (Wildman–Crippen LogP) is 17.1. The minimum absolute atomic E-state index is 0.568. The molecule has 0 spiro atoms. The number of rotatable bonds is 6. The topological polar surface area (TPSA) is 38.0 Å². The van der Waals surface area contributed by atoms with Crippen LogP contribution in [0.4, 0.5) is 5.69 Å². The number of aryl methyl sites for hydroxylation is 7. The van der Waals surface area contributed by atoms with Gasteiger partial charge in [-0.3, -0.25) is 0 Å². The highest BCUT2D eigenvalue weighted by Gasteiger charge is 2.23. The third-order valence-electron chi connectivity index (χ3n) is 13.8. The van der Waals surface area contributed by atoms with Gasteiger partial charge in [-0.1, -0.05) is 108 Å². The highest BCUT2D eigenvalue weighted by molar-refractivity contribution is 6.13. The van der Waals surface area contributed by atoms with Crippen molar-refractivity contribution in [3.8, 4) is 62.0 Å². The molecular formula is C63H48N4. The molecule has 0 radical (unpaired) electrons.